The fourth-order valence-electron chi connectivity index (χ4n) is 3.43. The minimum absolute atomic E-state index is 0.0233. The third-order valence-electron chi connectivity index (χ3n) is 4.86. The third-order valence-corrected chi connectivity index (χ3v) is 4.86. The van der Waals surface area contributed by atoms with Crippen LogP contribution in [-0.2, 0) is 9.59 Å². The average Bonchev–Trinajstić information content (AvgIpc) is 2.58. The minimum Gasteiger partial charge on any atom is -0.474 e. The van der Waals surface area contributed by atoms with E-state index in [0.717, 1.165) is 25.7 Å². The maximum absolute atomic E-state index is 12.3. The number of carbonyl (C=O) groups excluding carboxylic acids is 2. The van der Waals surface area contributed by atoms with Crippen LogP contribution in [0.3, 0.4) is 0 Å². The van der Waals surface area contributed by atoms with Crippen LogP contribution in [0.4, 0.5) is 0 Å². The van der Waals surface area contributed by atoms with Gasteiger partial charge < -0.3 is 10.1 Å². The summed E-state index contributed by atoms with van der Waals surface area (Å²) >= 11 is 0. The molecule has 2 aliphatic rings. The summed E-state index contributed by atoms with van der Waals surface area (Å²) in [6.45, 7) is 0. The van der Waals surface area contributed by atoms with Crippen molar-refractivity contribution in [3.05, 3.63) is 24.4 Å². The SMILES string of the molecule is O=C1CCC(C(=O)NC2CCC(Oc3ccccn3)CC2)CC1. The molecule has 0 spiro atoms. The molecule has 1 aromatic rings. The van der Waals surface area contributed by atoms with Gasteiger partial charge in [0.1, 0.15) is 11.9 Å². The zero-order valence-electron chi connectivity index (χ0n) is 13.4. The van der Waals surface area contributed by atoms with Crippen LogP contribution in [0.25, 0.3) is 0 Å². The van der Waals surface area contributed by atoms with Crippen LogP contribution >= 0.6 is 0 Å². The van der Waals surface area contributed by atoms with Crippen molar-refractivity contribution in [3.8, 4) is 5.88 Å². The molecule has 0 atom stereocenters. The van der Waals surface area contributed by atoms with E-state index in [2.05, 4.69) is 10.3 Å². The minimum atomic E-state index is 0.0233. The second-order valence-electron chi connectivity index (χ2n) is 6.58. The van der Waals surface area contributed by atoms with Crippen molar-refractivity contribution in [1.82, 2.24) is 10.3 Å². The number of ether oxygens (including phenoxy) is 1. The van der Waals surface area contributed by atoms with Crippen molar-refractivity contribution in [2.75, 3.05) is 0 Å². The van der Waals surface area contributed by atoms with Gasteiger partial charge in [-0.3, -0.25) is 9.59 Å². The zero-order chi connectivity index (χ0) is 16.1. The highest BCUT2D eigenvalue weighted by Gasteiger charge is 2.28. The van der Waals surface area contributed by atoms with Crippen molar-refractivity contribution in [2.24, 2.45) is 5.92 Å². The molecule has 0 bridgehead atoms. The molecule has 2 saturated carbocycles. The smallest absolute Gasteiger partial charge is 0.223 e. The van der Waals surface area contributed by atoms with Gasteiger partial charge in [-0.2, -0.15) is 0 Å². The molecule has 0 saturated heterocycles. The maximum atomic E-state index is 12.3. The Balaban J connectivity index is 1.40. The third kappa shape index (κ3) is 4.53. The fraction of sp³-hybridized carbons (Fsp3) is 0.611. The lowest BCUT2D eigenvalue weighted by molar-refractivity contribution is -0.129. The number of hydrogen-bond acceptors (Lipinski definition) is 4. The molecule has 5 heteroatoms. The van der Waals surface area contributed by atoms with Gasteiger partial charge in [0.05, 0.1) is 0 Å². The predicted octanol–water partition coefficient (Wildman–Crippen LogP) is 2.65. The Morgan fingerprint density at radius 2 is 1.83 bits per heavy atom. The molecule has 0 aromatic carbocycles. The van der Waals surface area contributed by atoms with Crippen LogP contribution in [0.5, 0.6) is 5.88 Å². The van der Waals surface area contributed by atoms with Crippen LogP contribution in [-0.4, -0.2) is 28.8 Å². The number of rotatable bonds is 4. The number of ketones is 1. The van der Waals surface area contributed by atoms with E-state index in [0.29, 0.717) is 37.3 Å². The van der Waals surface area contributed by atoms with Crippen LogP contribution < -0.4 is 10.1 Å². The van der Waals surface area contributed by atoms with Crippen molar-refractivity contribution < 1.29 is 14.3 Å². The highest BCUT2D eigenvalue weighted by atomic mass is 16.5. The summed E-state index contributed by atoms with van der Waals surface area (Å²) in [7, 11) is 0. The van der Waals surface area contributed by atoms with Gasteiger partial charge in [0, 0.05) is 37.1 Å². The first-order valence-electron chi connectivity index (χ1n) is 8.60. The number of hydrogen-bond donors (Lipinski definition) is 1. The Kier molecular flexibility index (Phi) is 5.26. The van der Waals surface area contributed by atoms with Crippen LogP contribution in [0, 0.1) is 5.92 Å². The average molecular weight is 316 g/mol. The Morgan fingerprint density at radius 1 is 1.09 bits per heavy atom. The molecule has 0 radical (unpaired) electrons. The highest BCUT2D eigenvalue weighted by Crippen LogP contribution is 2.25. The van der Waals surface area contributed by atoms with E-state index < -0.39 is 0 Å². The molecule has 0 unspecified atom stereocenters. The highest BCUT2D eigenvalue weighted by molar-refractivity contribution is 5.84. The van der Waals surface area contributed by atoms with Crippen LogP contribution in [0.2, 0.25) is 0 Å². The predicted molar refractivity (Wildman–Crippen MR) is 86.0 cm³/mol. The fourth-order valence-corrected chi connectivity index (χ4v) is 3.43. The Bertz CT molecular complexity index is 528. The van der Waals surface area contributed by atoms with E-state index in [1.807, 2.05) is 18.2 Å². The van der Waals surface area contributed by atoms with Crippen molar-refractivity contribution in [3.63, 3.8) is 0 Å². The topological polar surface area (TPSA) is 68.3 Å². The largest absolute Gasteiger partial charge is 0.474 e. The molecule has 2 fully saturated rings. The number of carbonyl (C=O) groups is 2. The first-order valence-corrected chi connectivity index (χ1v) is 8.60. The van der Waals surface area contributed by atoms with E-state index >= 15 is 0 Å². The lowest BCUT2D eigenvalue weighted by atomic mass is 9.86. The summed E-state index contributed by atoms with van der Waals surface area (Å²) in [4.78, 5) is 27.7. The van der Waals surface area contributed by atoms with Gasteiger partial charge in [-0.05, 0) is 44.6 Å². The van der Waals surface area contributed by atoms with Crippen molar-refractivity contribution >= 4 is 11.7 Å². The first kappa shape index (κ1) is 16.0. The quantitative estimate of drug-likeness (QED) is 0.927. The summed E-state index contributed by atoms with van der Waals surface area (Å²) in [6, 6.07) is 5.91. The van der Waals surface area contributed by atoms with Gasteiger partial charge in [0.2, 0.25) is 11.8 Å². The van der Waals surface area contributed by atoms with E-state index in [1.54, 1.807) is 6.20 Å². The molecule has 1 N–H and O–H groups in total. The van der Waals surface area contributed by atoms with E-state index in [9.17, 15) is 9.59 Å². The van der Waals surface area contributed by atoms with Crippen LogP contribution in [0.1, 0.15) is 51.4 Å². The molecule has 1 amide bonds. The summed E-state index contributed by atoms with van der Waals surface area (Å²) < 4.78 is 5.88. The molecule has 3 rings (SSSR count). The van der Waals surface area contributed by atoms with Gasteiger partial charge in [0.25, 0.3) is 0 Å². The molecular formula is C18H24N2O3. The summed E-state index contributed by atoms with van der Waals surface area (Å²) in [5.41, 5.74) is 0. The van der Waals surface area contributed by atoms with Crippen molar-refractivity contribution in [2.45, 2.75) is 63.5 Å². The molecule has 2 aliphatic carbocycles. The van der Waals surface area contributed by atoms with E-state index in [1.165, 1.54) is 0 Å². The standard InChI is InChI=1S/C18H24N2O3/c21-15-8-4-13(5-9-15)18(22)20-14-6-10-16(11-7-14)23-17-3-1-2-12-19-17/h1-3,12-14,16H,4-11H2,(H,20,22). The number of aromatic nitrogens is 1. The molecule has 0 aliphatic heterocycles. The molecule has 1 heterocycles. The maximum Gasteiger partial charge on any atom is 0.223 e. The molecule has 5 nitrogen and oxygen atoms in total. The monoisotopic (exact) mass is 316 g/mol. The Hall–Kier alpha value is -1.91. The second kappa shape index (κ2) is 7.57. The summed E-state index contributed by atoms with van der Waals surface area (Å²) in [5.74, 6) is 1.12. The number of nitrogens with one attached hydrogen (secondary N) is 1. The van der Waals surface area contributed by atoms with Gasteiger partial charge in [-0.15, -0.1) is 0 Å². The number of nitrogens with zero attached hydrogens (tertiary/aromatic N) is 1. The van der Waals surface area contributed by atoms with Gasteiger partial charge in [-0.1, -0.05) is 6.07 Å². The molecule has 1 aromatic heterocycles. The van der Waals surface area contributed by atoms with E-state index in [4.69, 9.17) is 4.74 Å². The lowest BCUT2D eigenvalue weighted by Gasteiger charge is -2.30. The first-order chi connectivity index (χ1) is 11.2. The van der Waals surface area contributed by atoms with Crippen molar-refractivity contribution in [1.29, 1.82) is 0 Å². The van der Waals surface area contributed by atoms with E-state index in [-0.39, 0.29) is 24.0 Å². The number of pyridine rings is 1. The molecule has 124 valence electrons. The van der Waals surface area contributed by atoms with Gasteiger partial charge in [0.15, 0.2) is 0 Å². The number of Topliss-reactive ketones (excluding diaryl/α,β-unsaturated/α-hetero) is 1. The van der Waals surface area contributed by atoms with Gasteiger partial charge >= 0.3 is 0 Å². The van der Waals surface area contributed by atoms with Crippen LogP contribution in [0.15, 0.2) is 24.4 Å². The lowest BCUT2D eigenvalue weighted by Crippen LogP contribution is -2.43. The van der Waals surface area contributed by atoms with Gasteiger partial charge in [-0.25, -0.2) is 4.98 Å². The summed E-state index contributed by atoms with van der Waals surface area (Å²) in [5, 5.41) is 3.17. The Labute approximate surface area is 136 Å². The summed E-state index contributed by atoms with van der Waals surface area (Å²) in [6.07, 6.45) is 8.21. The molecule has 23 heavy (non-hydrogen) atoms. The number of amides is 1. The normalized spacial score (nSPS) is 25.8. The second-order valence-corrected chi connectivity index (χ2v) is 6.58. The zero-order valence-corrected chi connectivity index (χ0v) is 13.4. The molecular weight excluding hydrogens is 292 g/mol. The Morgan fingerprint density at radius 3 is 2.48 bits per heavy atom.